The highest BCUT2D eigenvalue weighted by atomic mass is 16.5. The molecule has 0 saturated heterocycles. The van der Waals surface area contributed by atoms with E-state index in [2.05, 4.69) is 33.8 Å². The lowest BCUT2D eigenvalue weighted by molar-refractivity contribution is -0.170. The number of esters is 1. The van der Waals surface area contributed by atoms with Crippen LogP contribution in [0.3, 0.4) is 0 Å². The number of carbonyl (C=O) groups excluding carboxylic acids is 3. The van der Waals surface area contributed by atoms with Crippen molar-refractivity contribution in [3.63, 3.8) is 0 Å². The topological polar surface area (TPSA) is 80.7 Å². The first kappa shape index (κ1) is 23.1. The molecule has 1 aromatic carbocycles. The minimum absolute atomic E-state index is 0.0222. The fourth-order valence-corrected chi connectivity index (χ4v) is 8.04. The van der Waals surface area contributed by atoms with Gasteiger partial charge in [-0.25, -0.2) is 0 Å². The van der Waals surface area contributed by atoms with Gasteiger partial charge in [-0.05, 0) is 79.0 Å². The Morgan fingerprint density at radius 3 is 2.41 bits per heavy atom. The van der Waals surface area contributed by atoms with Crippen LogP contribution < -0.4 is 10.4 Å². The number of hydrogen-bond acceptors (Lipinski definition) is 5. The third kappa shape index (κ3) is 2.43. The Balaban J connectivity index is 1.80. The molecule has 4 aliphatic carbocycles. The van der Waals surface area contributed by atoms with E-state index < -0.39 is 11.4 Å². The van der Waals surface area contributed by atoms with Crippen molar-refractivity contribution in [1.82, 2.24) is 0 Å². The van der Waals surface area contributed by atoms with Gasteiger partial charge in [0.05, 0.1) is 7.11 Å². The summed E-state index contributed by atoms with van der Waals surface area (Å²) in [4.78, 5) is 38.7. The van der Waals surface area contributed by atoms with Crippen LogP contribution >= 0.6 is 0 Å². The largest absolute Gasteiger partial charge is 0.504 e. The number of allylic oxidation sites excluding steroid dienone is 2. The molecule has 2 saturated carbocycles. The maximum Gasteiger partial charge on any atom is 0.319 e. The lowest BCUT2D eigenvalue weighted by Crippen LogP contribution is -2.60. The first-order valence-electron chi connectivity index (χ1n) is 12.2. The van der Waals surface area contributed by atoms with Crippen molar-refractivity contribution in [3.8, 4) is 0 Å². The van der Waals surface area contributed by atoms with Crippen molar-refractivity contribution in [2.24, 2.45) is 22.2 Å². The standard InChI is InChI=1S/C29H34O5/c1-15-17-8-9-19-23(18(17)12-20(30)24(15)32)16(2)29(6)21-13-27(4,25(33)34-7)22(31)14-26(21,3)10-11-28(19,29)5/h8-9,12,21,32H,10-11,13-14H2,1-7H3/t21-,26+,27+,28-,29+/m1/s1. The fourth-order valence-electron chi connectivity index (χ4n) is 8.04. The van der Waals surface area contributed by atoms with Crippen molar-refractivity contribution in [2.75, 3.05) is 7.11 Å². The molecule has 0 radical (unpaired) electrons. The molecule has 5 heteroatoms. The molecule has 4 aliphatic rings. The SMILES string of the molecule is COC(=O)[C@@]1(C)C[C@@H]2[C@@](C)(CC[C@]3(C)c4ccc5c(c4=C(C)[C@@]23C)=CC(=O)C(O)=C5C)CC1=O. The summed E-state index contributed by atoms with van der Waals surface area (Å²) in [6.07, 6.45) is 4.23. The van der Waals surface area contributed by atoms with Crippen LogP contribution in [0.5, 0.6) is 0 Å². The van der Waals surface area contributed by atoms with E-state index in [0.717, 1.165) is 28.8 Å². The number of aliphatic hydroxyl groups is 1. The number of Topliss-reactive ketones (excluding diaryl/α,β-unsaturated/α-hetero) is 2. The van der Waals surface area contributed by atoms with Crippen LogP contribution in [0.1, 0.15) is 78.4 Å². The van der Waals surface area contributed by atoms with E-state index in [-0.39, 0.29) is 39.5 Å². The monoisotopic (exact) mass is 462 g/mol. The molecule has 180 valence electrons. The molecule has 0 spiro atoms. The molecule has 2 fully saturated rings. The van der Waals surface area contributed by atoms with Crippen LogP contribution in [0.2, 0.25) is 0 Å². The smallest absolute Gasteiger partial charge is 0.319 e. The number of ketones is 2. The molecule has 5 nitrogen and oxygen atoms in total. The Bertz CT molecular complexity index is 1350. The van der Waals surface area contributed by atoms with Gasteiger partial charge in [0.1, 0.15) is 11.2 Å². The Morgan fingerprint density at radius 1 is 1.09 bits per heavy atom. The van der Waals surface area contributed by atoms with E-state index in [1.165, 1.54) is 18.2 Å². The average molecular weight is 463 g/mol. The minimum atomic E-state index is -1.15. The van der Waals surface area contributed by atoms with E-state index in [1.54, 1.807) is 19.9 Å². The van der Waals surface area contributed by atoms with Crippen molar-refractivity contribution in [2.45, 2.75) is 72.6 Å². The molecule has 0 unspecified atom stereocenters. The number of methoxy groups -OCH3 is 1. The van der Waals surface area contributed by atoms with Gasteiger partial charge in [-0.3, -0.25) is 14.4 Å². The highest BCUT2D eigenvalue weighted by Gasteiger charge is 2.67. The maximum atomic E-state index is 13.3. The third-order valence-electron chi connectivity index (χ3n) is 10.6. The van der Waals surface area contributed by atoms with Gasteiger partial charge in [-0.15, -0.1) is 0 Å². The predicted molar refractivity (Wildman–Crippen MR) is 130 cm³/mol. The summed E-state index contributed by atoms with van der Waals surface area (Å²) in [6.45, 7) is 12.5. The van der Waals surface area contributed by atoms with Crippen molar-refractivity contribution >= 4 is 34.8 Å². The quantitative estimate of drug-likeness (QED) is 0.508. The van der Waals surface area contributed by atoms with Crippen LogP contribution in [-0.2, 0) is 24.5 Å². The average Bonchev–Trinajstić information content (AvgIpc) is 2.97. The number of benzene rings is 1. The Kier molecular flexibility index (Phi) is 4.55. The Morgan fingerprint density at radius 2 is 1.76 bits per heavy atom. The molecule has 34 heavy (non-hydrogen) atoms. The highest BCUT2D eigenvalue weighted by molar-refractivity contribution is 6.20. The second kappa shape index (κ2) is 6.71. The summed E-state index contributed by atoms with van der Waals surface area (Å²) >= 11 is 0. The van der Waals surface area contributed by atoms with Crippen LogP contribution in [0.15, 0.2) is 17.9 Å². The summed E-state index contributed by atoms with van der Waals surface area (Å²) in [5.41, 5.74) is 2.06. The van der Waals surface area contributed by atoms with Crippen molar-refractivity contribution in [1.29, 1.82) is 0 Å². The lowest BCUT2D eigenvalue weighted by Gasteiger charge is -2.63. The van der Waals surface area contributed by atoms with Gasteiger partial charge in [-0.2, -0.15) is 0 Å². The summed E-state index contributed by atoms with van der Waals surface area (Å²) in [5.74, 6) is -0.928. The van der Waals surface area contributed by atoms with Gasteiger partial charge in [0.2, 0.25) is 5.78 Å². The van der Waals surface area contributed by atoms with Gasteiger partial charge in [0.25, 0.3) is 0 Å². The Hall–Kier alpha value is -2.69. The van der Waals surface area contributed by atoms with E-state index in [1.807, 2.05) is 6.07 Å². The van der Waals surface area contributed by atoms with Gasteiger partial charge < -0.3 is 9.84 Å². The normalized spacial score (nSPS) is 38.6. The summed E-state index contributed by atoms with van der Waals surface area (Å²) in [6, 6.07) is 4.20. The lowest BCUT2D eigenvalue weighted by atomic mass is 9.40. The molecule has 1 aromatic rings. The molecule has 0 heterocycles. The van der Waals surface area contributed by atoms with E-state index in [0.29, 0.717) is 18.4 Å². The number of ether oxygens (including phenoxy) is 1. The number of rotatable bonds is 1. The first-order chi connectivity index (χ1) is 15.8. The van der Waals surface area contributed by atoms with Crippen LogP contribution in [-0.4, -0.2) is 29.8 Å². The number of aliphatic hydroxyl groups excluding tert-OH is 1. The number of hydrogen-bond donors (Lipinski definition) is 1. The molecule has 5 atom stereocenters. The first-order valence-corrected chi connectivity index (χ1v) is 12.2. The molecule has 0 bridgehead atoms. The van der Waals surface area contributed by atoms with Crippen LogP contribution in [0.25, 0.3) is 17.2 Å². The molecule has 0 aromatic heterocycles. The maximum absolute atomic E-state index is 13.3. The van der Waals surface area contributed by atoms with Crippen LogP contribution in [0, 0.1) is 22.2 Å². The molecule has 1 N–H and O–H groups in total. The van der Waals surface area contributed by atoms with Gasteiger partial charge in [-0.1, -0.05) is 38.5 Å². The molecule has 0 aliphatic heterocycles. The zero-order valence-corrected chi connectivity index (χ0v) is 21.2. The van der Waals surface area contributed by atoms with Crippen molar-refractivity contribution in [3.05, 3.63) is 39.5 Å². The number of fused-ring (bicyclic) bond motifs is 7. The highest BCUT2D eigenvalue weighted by Crippen LogP contribution is 2.70. The second-order valence-electron chi connectivity index (χ2n) is 11.9. The second-order valence-corrected chi connectivity index (χ2v) is 11.9. The minimum Gasteiger partial charge on any atom is -0.504 e. The summed E-state index contributed by atoms with van der Waals surface area (Å²) in [7, 11) is 1.36. The van der Waals surface area contributed by atoms with Crippen LogP contribution in [0.4, 0.5) is 0 Å². The van der Waals surface area contributed by atoms with E-state index >= 15 is 0 Å². The molecule has 0 amide bonds. The zero-order valence-electron chi connectivity index (χ0n) is 21.2. The molecular weight excluding hydrogens is 428 g/mol. The number of carbonyl (C=O) groups is 3. The predicted octanol–water partition coefficient (Wildman–Crippen LogP) is 3.75. The molecular formula is C29H34O5. The third-order valence-corrected chi connectivity index (χ3v) is 10.6. The van der Waals surface area contributed by atoms with Gasteiger partial charge in [0, 0.05) is 22.8 Å². The summed E-state index contributed by atoms with van der Waals surface area (Å²) < 4.78 is 5.10. The Labute approximate surface area is 200 Å². The van der Waals surface area contributed by atoms with E-state index in [9.17, 15) is 19.5 Å². The van der Waals surface area contributed by atoms with Gasteiger partial charge in [0.15, 0.2) is 5.76 Å². The van der Waals surface area contributed by atoms with Crippen molar-refractivity contribution < 1.29 is 24.2 Å². The van der Waals surface area contributed by atoms with Gasteiger partial charge >= 0.3 is 5.97 Å². The molecule has 5 rings (SSSR count). The fraction of sp³-hybridized carbons (Fsp3) is 0.552. The van der Waals surface area contributed by atoms with E-state index in [4.69, 9.17) is 4.74 Å². The summed E-state index contributed by atoms with van der Waals surface area (Å²) in [5, 5.41) is 12.3. The zero-order chi connectivity index (χ0) is 25.0.